The van der Waals surface area contributed by atoms with Gasteiger partial charge in [-0.3, -0.25) is 4.79 Å². The number of halogens is 3. The molecule has 1 atom stereocenters. The molecule has 2 aromatic rings. The SMILES string of the molecule is O=C(Cc1c[nH]c2ccc(Cl)cc12)NC(CC(F)F)C(=O)O. The van der Waals surface area contributed by atoms with Crippen molar-refractivity contribution in [3.05, 3.63) is 35.0 Å². The second-order valence-electron chi connectivity index (χ2n) is 4.77. The summed E-state index contributed by atoms with van der Waals surface area (Å²) in [4.78, 5) is 25.7. The first-order chi connectivity index (χ1) is 10.4. The highest BCUT2D eigenvalue weighted by Gasteiger charge is 2.24. The van der Waals surface area contributed by atoms with E-state index < -0.39 is 30.8 Å². The van der Waals surface area contributed by atoms with Gasteiger partial charge < -0.3 is 15.4 Å². The monoisotopic (exact) mass is 330 g/mol. The van der Waals surface area contributed by atoms with Crippen LogP contribution in [0.3, 0.4) is 0 Å². The predicted octanol–water partition coefficient (Wildman–Crippen LogP) is 2.59. The minimum absolute atomic E-state index is 0.132. The van der Waals surface area contributed by atoms with E-state index in [-0.39, 0.29) is 6.42 Å². The van der Waals surface area contributed by atoms with Crippen LogP contribution >= 0.6 is 11.6 Å². The lowest BCUT2D eigenvalue weighted by molar-refractivity contribution is -0.142. The number of hydrogen-bond acceptors (Lipinski definition) is 2. The molecule has 3 N–H and O–H groups in total. The molecule has 0 aliphatic heterocycles. The summed E-state index contributed by atoms with van der Waals surface area (Å²) < 4.78 is 24.6. The molecule has 0 saturated carbocycles. The van der Waals surface area contributed by atoms with E-state index in [0.29, 0.717) is 10.6 Å². The van der Waals surface area contributed by atoms with Crippen molar-refractivity contribution in [1.29, 1.82) is 0 Å². The highest BCUT2D eigenvalue weighted by Crippen LogP contribution is 2.22. The summed E-state index contributed by atoms with van der Waals surface area (Å²) in [7, 11) is 0. The van der Waals surface area contributed by atoms with Crippen LogP contribution in [-0.4, -0.2) is 34.4 Å². The van der Waals surface area contributed by atoms with Gasteiger partial charge in [-0.2, -0.15) is 0 Å². The molecule has 5 nitrogen and oxygen atoms in total. The number of benzene rings is 1. The Morgan fingerprint density at radius 3 is 2.73 bits per heavy atom. The first kappa shape index (κ1) is 16.2. The normalized spacial score (nSPS) is 12.5. The molecular weight excluding hydrogens is 318 g/mol. The number of aliphatic carboxylic acids is 1. The van der Waals surface area contributed by atoms with Gasteiger partial charge in [0.25, 0.3) is 0 Å². The summed E-state index contributed by atoms with van der Waals surface area (Å²) in [6.07, 6.45) is -2.27. The van der Waals surface area contributed by atoms with Gasteiger partial charge in [-0.15, -0.1) is 0 Å². The van der Waals surface area contributed by atoms with Gasteiger partial charge in [-0.05, 0) is 23.8 Å². The second-order valence-corrected chi connectivity index (χ2v) is 5.20. The largest absolute Gasteiger partial charge is 0.480 e. The van der Waals surface area contributed by atoms with Gasteiger partial charge >= 0.3 is 5.97 Å². The third-order valence-corrected chi connectivity index (χ3v) is 3.36. The number of aromatic nitrogens is 1. The zero-order valence-corrected chi connectivity index (χ0v) is 12.0. The van der Waals surface area contributed by atoms with E-state index in [1.54, 1.807) is 24.4 Å². The van der Waals surface area contributed by atoms with Gasteiger partial charge in [0.1, 0.15) is 6.04 Å². The van der Waals surface area contributed by atoms with Crippen molar-refractivity contribution in [3.8, 4) is 0 Å². The molecule has 0 radical (unpaired) electrons. The van der Waals surface area contributed by atoms with Crippen molar-refractivity contribution in [3.63, 3.8) is 0 Å². The molecule has 0 bridgehead atoms. The molecule has 1 aromatic heterocycles. The maximum Gasteiger partial charge on any atom is 0.326 e. The molecule has 2 rings (SSSR count). The number of fused-ring (bicyclic) bond motifs is 1. The average molecular weight is 331 g/mol. The molecule has 1 heterocycles. The molecule has 1 aromatic carbocycles. The molecule has 0 spiro atoms. The first-order valence-corrected chi connectivity index (χ1v) is 6.80. The molecule has 1 unspecified atom stereocenters. The fraction of sp³-hybridized carbons (Fsp3) is 0.286. The van der Waals surface area contributed by atoms with E-state index >= 15 is 0 Å². The lowest BCUT2D eigenvalue weighted by Gasteiger charge is -2.13. The van der Waals surface area contributed by atoms with Crippen LogP contribution in [0, 0.1) is 0 Å². The lowest BCUT2D eigenvalue weighted by atomic mass is 10.1. The number of H-pyrrole nitrogens is 1. The second kappa shape index (κ2) is 6.74. The van der Waals surface area contributed by atoms with Crippen LogP contribution in [0.5, 0.6) is 0 Å². The summed E-state index contributed by atoms with van der Waals surface area (Å²) in [5, 5.41) is 12.2. The van der Waals surface area contributed by atoms with Gasteiger partial charge in [0.15, 0.2) is 0 Å². The Morgan fingerprint density at radius 2 is 2.09 bits per heavy atom. The highest BCUT2D eigenvalue weighted by atomic mass is 35.5. The van der Waals surface area contributed by atoms with Crippen LogP contribution in [-0.2, 0) is 16.0 Å². The maximum absolute atomic E-state index is 12.3. The van der Waals surface area contributed by atoms with Crippen molar-refractivity contribution < 1.29 is 23.5 Å². The molecule has 0 aliphatic rings. The average Bonchev–Trinajstić information content (AvgIpc) is 2.80. The number of aromatic amines is 1. The number of carbonyl (C=O) groups is 2. The summed E-state index contributed by atoms with van der Waals surface area (Å²) in [6, 6.07) is 3.49. The van der Waals surface area contributed by atoms with Crippen LogP contribution in [0.15, 0.2) is 24.4 Å². The highest BCUT2D eigenvalue weighted by molar-refractivity contribution is 6.31. The Hall–Kier alpha value is -2.15. The Labute approximate surface area is 129 Å². The number of hydrogen-bond donors (Lipinski definition) is 3. The Morgan fingerprint density at radius 1 is 1.36 bits per heavy atom. The molecule has 118 valence electrons. The number of nitrogens with one attached hydrogen (secondary N) is 2. The van der Waals surface area contributed by atoms with Crippen molar-refractivity contribution >= 4 is 34.4 Å². The first-order valence-electron chi connectivity index (χ1n) is 6.42. The van der Waals surface area contributed by atoms with Gasteiger partial charge in [0.05, 0.1) is 6.42 Å². The molecule has 0 saturated heterocycles. The Kier molecular flexibility index (Phi) is 4.97. The number of amides is 1. The van der Waals surface area contributed by atoms with E-state index in [0.717, 1.165) is 10.9 Å². The zero-order chi connectivity index (χ0) is 16.3. The van der Waals surface area contributed by atoms with Crippen molar-refractivity contribution in [1.82, 2.24) is 10.3 Å². The third-order valence-electron chi connectivity index (χ3n) is 3.13. The fourth-order valence-corrected chi connectivity index (χ4v) is 2.29. The summed E-state index contributed by atoms with van der Waals surface area (Å²) in [5.74, 6) is -2.13. The fourth-order valence-electron chi connectivity index (χ4n) is 2.11. The molecule has 8 heteroatoms. The minimum atomic E-state index is -2.81. The number of rotatable bonds is 6. The summed E-state index contributed by atoms with van der Waals surface area (Å²) in [6.45, 7) is 0. The number of alkyl halides is 2. The van der Waals surface area contributed by atoms with Crippen LogP contribution in [0.1, 0.15) is 12.0 Å². The standard InChI is InChI=1S/C14H13ClF2N2O3/c15-8-1-2-10-9(4-8)7(6-18-10)3-13(20)19-11(14(21)22)5-12(16)17/h1-2,4,6,11-12,18H,3,5H2,(H,19,20)(H,21,22). The van der Waals surface area contributed by atoms with Crippen LogP contribution in [0.2, 0.25) is 5.02 Å². The molecule has 0 fully saturated rings. The van der Waals surface area contributed by atoms with Crippen LogP contribution in [0.4, 0.5) is 8.78 Å². The van der Waals surface area contributed by atoms with Crippen molar-refractivity contribution in [2.24, 2.45) is 0 Å². The van der Waals surface area contributed by atoms with E-state index in [1.807, 2.05) is 0 Å². The van der Waals surface area contributed by atoms with E-state index in [2.05, 4.69) is 10.3 Å². The Balaban J connectivity index is 2.10. The van der Waals surface area contributed by atoms with Crippen molar-refractivity contribution in [2.45, 2.75) is 25.3 Å². The third kappa shape index (κ3) is 3.94. The minimum Gasteiger partial charge on any atom is -0.480 e. The Bertz CT molecular complexity index is 702. The van der Waals surface area contributed by atoms with Crippen LogP contribution < -0.4 is 5.32 Å². The van der Waals surface area contributed by atoms with Gasteiger partial charge in [0.2, 0.25) is 12.3 Å². The molecule has 1 amide bonds. The van der Waals surface area contributed by atoms with E-state index in [9.17, 15) is 18.4 Å². The zero-order valence-electron chi connectivity index (χ0n) is 11.3. The molecular formula is C14H13ClF2N2O3. The van der Waals surface area contributed by atoms with Gasteiger partial charge in [-0.1, -0.05) is 11.6 Å². The summed E-state index contributed by atoms with van der Waals surface area (Å²) >= 11 is 5.89. The maximum atomic E-state index is 12.3. The predicted molar refractivity (Wildman–Crippen MR) is 77.2 cm³/mol. The quantitative estimate of drug-likeness (QED) is 0.761. The smallest absolute Gasteiger partial charge is 0.326 e. The lowest BCUT2D eigenvalue weighted by Crippen LogP contribution is -2.42. The van der Waals surface area contributed by atoms with Gasteiger partial charge in [-0.25, -0.2) is 13.6 Å². The van der Waals surface area contributed by atoms with E-state index in [1.165, 1.54) is 0 Å². The van der Waals surface area contributed by atoms with E-state index in [4.69, 9.17) is 16.7 Å². The summed E-state index contributed by atoms with van der Waals surface area (Å²) in [5.41, 5.74) is 1.38. The molecule has 22 heavy (non-hydrogen) atoms. The van der Waals surface area contributed by atoms with Crippen molar-refractivity contribution in [2.75, 3.05) is 0 Å². The topological polar surface area (TPSA) is 82.2 Å². The van der Waals surface area contributed by atoms with Gasteiger partial charge in [0, 0.05) is 28.5 Å². The number of carbonyl (C=O) groups excluding carboxylic acids is 1. The molecule has 0 aliphatic carbocycles. The number of carboxylic acid groups (broad SMARTS) is 1. The van der Waals surface area contributed by atoms with Crippen LogP contribution in [0.25, 0.3) is 10.9 Å². The number of carboxylic acids is 1.